The van der Waals surface area contributed by atoms with E-state index in [0.29, 0.717) is 12.6 Å². The molecular weight excluding hydrogens is 462 g/mol. The smallest absolute Gasteiger partial charge is 0.254 e. The second-order valence-corrected chi connectivity index (χ2v) is 9.08. The summed E-state index contributed by atoms with van der Waals surface area (Å²) >= 11 is 0. The molecule has 0 aliphatic rings. The van der Waals surface area contributed by atoms with Gasteiger partial charge in [-0.2, -0.15) is 10.1 Å². The molecule has 6 rings (SSSR count). The van der Waals surface area contributed by atoms with Crippen molar-refractivity contribution in [1.82, 2.24) is 33.9 Å². The Hall–Kier alpha value is -4.56. The maximum absolute atomic E-state index is 5.49. The molecule has 0 spiro atoms. The van der Waals surface area contributed by atoms with Gasteiger partial charge >= 0.3 is 0 Å². The van der Waals surface area contributed by atoms with E-state index in [2.05, 4.69) is 52.9 Å². The molecule has 0 amide bonds. The van der Waals surface area contributed by atoms with Crippen molar-refractivity contribution in [3.05, 3.63) is 108 Å². The molecule has 6 aromatic rings. The normalized spacial score (nSPS) is 12.3. The van der Waals surface area contributed by atoms with Gasteiger partial charge in [0.05, 0.1) is 24.2 Å². The summed E-state index contributed by atoms with van der Waals surface area (Å²) in [6.07, 6.45) is 5.81. The first kappa shape index (κ1) is 22.9. The van der Waals surface area contributed by atoms with Crippen molar-refractivity contribution in [2.24, 2.45) is 0 Å². The average Bonchev–Trinajstić information content (AvgIpc) is 3.66. The van der Waals surface area contributed by atoms with Crippen LogP contribution in [0, 0.1) is 13.8 Å². The summed E-state index contributed by atoms with van der Waals surface area (Å²) in [5, 5.41) is 9.31. The Labute approximate surface area is 214 Å². The lowest BCUT2D eigenvalue weighted by molar-refractivity contribution is 0.164. The van der Waals surface area contributed by atoms with Crippen LogP contribution in [0.15, 0.2) is 91.4 Å². The molecule has 5 aromatic heterocycles. The van der Waals surface area contributed by atoms with Crippen LogP contribution in [0.25, 0.3) is 34.1 Å². The summed E-state index contributed by atoms with van der Waals surface area (Å²) in [6, 6.07) is 24.5. The van der Waals surface area contributed by atoms with E-state index < -0.39 is 0 Å². The van der Waals surface area contributed by atoms with Crippen LogP contribution in [0.3, 0.4) is 0 Å². The third-order valence-corrected chi connectivity index (χ3v) is 6.57. The number of rotatable bonds is 7. The summed E-state index contributed by atoms with van der Waals surface area (Å²) in [6.45, 7) is 4.64. The number of aryl methyl sites for hydroxylation is 2. The predicted octanol–water partition coefficient (Wildman–Crippen LogP) is 5.30. The zero-order chi connectivity index (χ0) is 25.4. The van der Waals surface area contributed by atoms with E-state index in [1.54, 1.807) is 11.6 Å². The highest BCUT2D eigenvalue weighted by molar-refractivity contribution is 5.68. The molecule has 1 aromatic carbocycles. The molecule has 1 unspecified atom stereocenters. The SMILES string of the molecule is COCC(c1ccccc1)n1cc(-c2cccc(-c3ccn4nc(-n5c(C)ccc5C)nc4c3)n2)cn1. The van der Waals surface area contributed by atoms with Gasteiger partial charge in [-0.3, -0.25) is 9.25 Å². The van der Waals surface area contributed by atoms with Crippen molar-refractivity contribution >= 4 is 5.65 Å². The lowest BCUT2D eigenvalue weighted by Gasteiger charge is -2.17. The molecule has 0 aliphatic carbocycles. The highest BCUT2D eigenvalue weighted by Gasteiger charge is 2.16. The second kappa shape index (κ2) is 9.48. The van der Waals surface area contributed by atoms with Crippen LogP contribution in [0.1, 0.15) is 23.0 Å². The second-order valence-electron chi connectivity index (χ2n) is 9.08. The molecule has 0 saturated heterocycles. The first-order chi connectivity index (χ1) is 18.1. The molecule has 0 bridgehead atoms. The van der Waals surface area contributed by atoms with E-state index in [4.69, 9.17) is 14.7 Å². The summed E-state index contributed by atoms with van der Waals surface area (Å²) in [5.41, 5.74) is 7.76. The van der Waals surface area contributed by atoms with Crippen LogP contribution in [-0.4, -0.2) is 47.6 Å². The van der Waals surface area contributed by atoms with E-state index in [1.165, 1.54) is 0 Å². The predicted molar refractivity (Wildman–Crippen MR) is 143 cm³/mol. The number of fused-ring (bicyclic) bond motifs is 1. The van der Waals surface area contributed by atoms with Gasteiger partial charge in [0.1, 0.15) is 6.04 Å². The van der Waals surface area contributed by atoms with Gasteiger partial charge < -0.3 is 4.74 Å². The molecule has 8 nitrogen and oxygen atoms in total. The zero-order valence-electron chi connectivity index (χ0n) is 21.0. The number of nitrogens with zero attached hydrogens (tertiary/aromatic N) is 7. The minimum absolute atomic E-state index is 0.0137. The van der Waals surface area contributed by atoms with Gasteiger partial charge in [-0.05, 0) is 55.8 Å². The molecule has 0 fully saturated rings. The standard InChI is InChI=1S/C29H27N7O/c1-20-12-13-21(2)36(20)29-32-28-16-23(14-15-34(28)33-29)25-10-7-11-26(31-25)24-17-30-35(18-24)27(19-37-3)22-8-5-4-6-9-22/h4-18,27H,19H2,1-3H3. The van der Waals surface area contributed by atoms with E-state index in [-0.39, 0.29) is 6.04 Å². The Morgan fingerprint density at radius 3 is 2.35 bits per heavy atom. The first-order valence-electron chi connectivity index (χ1n) is 12.2. The van der Waals surface area contributed by atoms with Gasteiger partial charge in [-0.25, -0.2) is 9.50 Å². The average molecular weight is 490 g/mol. The van der Waals surface area contributed by atoms with Crippen LogP contribution < -0.4 is 0 Å². The Morgan fingerprint density at radius 2 is 1.59 bits per heavy atom. The van der Waals surface area contributed by atoms with Crippen molar-refractivity contribution in [1.29, 1.82) is 0 Å². The van der Waals surface area contributed by atoms with Gasteiger partial charge in [-0.1, -0.05) is 36.4 Å². The molecule has 8 heteroatoms. The molecule has 0 radical (unpaired) electrons. The van der Waals surface area contributed by atoms with Gasteiger partial charge in [0, 0.05) is 42.0 Å². The number of ether oxygens (including phenoxy) is 1. The summed E-state index contributed by atoms with van der Waals surface area (Å²) in [7, 11) is 1.71. The van der Waals surface area contributed by atoms with Gasteiger partial charge in [-0.15, -0.1) is 5.10 Å². The Morgan fingerprint density at radius 1 is 0.838 bits per heavy atom. The fourth-order valence-electron chi connectivity index (χ4n) is 4.66. The quantitative estimate of drug-likeness (QED) is 0.304. The van der Waals surface area contributed by atoms with E-state index in [0.717, 1.165) is 45.1 Å². The monoisotopic (exact) mass is 489 g/mol. The molecule has 1 atom stereocenters. The Balaban J connectivity index is 1.32. The third-order valence-electron chi connectivity index (χ3n) is 6.57. The fraction of sp³-hybridized carbons (Fsp3) is 0.172. The summed E-state index contributed by atoms with van der Waals surface area (Å²) in [5.74, 6) is 0.662. The van der Waals surface area contributed by atoms with Crippen molar-refractivity contribution in [3.63, 3.8) is 0 Å². The van der Waals surface area contributed by atoms with Crippen LogP contribution in [0.4, 0.5) is 0 Å². The molecule has 37 heavy (non-hydrogen) atoms. The highest BCUT2D eigenvalue weighted by atomic mass is 16.5. The van der Waals surface area contributed by atoms with E-state index in [1.807, 2.05) is 71.8 Å². The molecule has 0 N–H and O–H groups in total. The van der Waals surface area contributed by atoms with Gasteiger partial charge in [0.2, 0.25) is 0 Å². The first-order valence-corrected chi connectivity index (χ1v) is 12.2. The van der Waals surface area contributed by atoms with Crippen molar-refractivity contribution in [2.75, 3.05) is 13.7 Å². The van der Waals surface area contributed by atoms with Gasteiger partial charge in [0.25, 0.3) is 5.95 Å². The van der Waals surface area contributed by atoms with Crippen molar-refractivity contribution in [2.45, 2.75) is 19.9 Å². The van der Waals surface area contributed by atoms with Crippen LogP contribution in [0.2, 0.25) is 0 Å². The fourth-order valence-corrected chi connectivity index (χ4v) is 4.66. The zero-order valence-corrected chi connectivity index (χ0v) is 21.0. The number of pyridine rings is 2. The molecule has 0 aliphatic heterocycles. The van der Waals surface area contributed by atoms with Gasteiger partial charge in [0.15, 0.2) is 5.65 Å². The maximum Gasteiger partial charge on any atom is 0.254 e. The van der Waals surface area contributed by atoms with Crippen LogP contribution in [0.5, 0.6) is 0 Å². The number of methoxy groups -OCH3 is 1. The molecule has 184 valence electrons. The molecular formula is C29H27N7O. The molecule has 5 heterocycles. The van der Waals surface area contributed by atoms with Crippen LogP contribution in [-0.2, 0) is 4.74 Å². The number of benzene rings is 1. The van der Waals surface area contributed by atoms with Crippen molar-refractivity contribution < 1.29 is 4.74 Å². The Bertz CT molecular complexity index is 1660. The number of aromatic nitrogens is 7. The minimum atomic E-state index is -0.0137. The minimum Gasteiger partial charge on any atom is -0.382 e. The molecule has 0 saturated carbocycles. The van der Waals surface area contributed by atoms with E-state index >= 15 is 0 Å². The highest BCUT2D eigenvalue weighted by Crippen LogP contribution is 2.26. The van der Waals surface area contributed by atoms with Crippen LogP contribution >= 0.6 is 0 Å². The summed E-state index contributed by atoms with van der Waals surface area (Å²) < 4.78 is 11.3. The largest absolute Gasteiger partial charge is 0.382 e. The summed E-state index contributed by atoms with van der Waals surface area (Å²) in [4.78, 5) is 9.72. The number of hydrogen-bond acceptors (Lipinski definition) is 5. The van der Waals surface area contributed by atoms with Crippen molar-refractivity contribution in [3.8, 4) is 28.5 Å². The topological polar surface area (TPSA) is 75.1 Å². The number of hydrogen-bond donors (Lipinski definition) is 0. The maximum atomic E-state index is 5.49. The lowest BCUT2D eigenvalue weighted by Crippen LogP contribution is -2.16. The van der Waals surface area contributed by atoms with E-state index in [9.17, 15) is 0 Å². The third kappa shape index (κ3) is 4.32. The lowest BCUT2D eigenvalue weighted by atomic mass is 10.1. The Kier molecular flexibility index (Phi) is 5.86.